The number of carbonyl (C=O) groups is 7. The van der Waals surface area contributed by atoms with Gasteiger partial charge in [-0.05, 0) is 51.4 Å². The van der Waals surface area contributed by atoms with Crippen LogP contribution in [0, 0.1) is 0 Å². The van der Waals surface area contributed by atoms with Crippen LogP contribution in [0.25, 0.3) is 16.7 Å². The minimum atomic E-state index is -1.82. The summed E-state index contributed by atoms with van der Waals surface area (Å²) < 4.78 is 0. The van der Waals surface area contributed by atoms with Gasteiger partial charge >= 0.3 is 5.97 Å². The minimum absolute atomic E-state index is 0.0463. The van der Waals surface area contributed by atoms with Crippen molar-refractivity contribution >= 4 is 64.0 Å². The molecule has 16 heteroatoms. The Morgan fingerprint density at radius 3 is 2.12 bits per heavy atom. The summed E-state index contributed by atoms with van der Waals surface area (Å²) in [4.78, 5) is 91.8. The average Bonchev–Trinajstić information content (AvgIpc) is 3.74. The van der Waals surface area contributed by atoms with E-state index in [1.54, 1.807) is 29.6 Å². The highest BCUT2D eigenvalue weighted by Gasteiger charge is 2.32. The van der Waals surface area contributed by atoms with Crippen LogP contribution in [-0.4, -0.2) is 88.9 Å². The van der Waals surface area contributed by atoms with Gasteiger partial charge in [0.25, 0.3) is 5.91 Å². The van der Waals surface area contributed by atoms with Crippen LogP contribution in [0.15, 0.2) is 103 Å². The van der Waals surface area contributed by atoms with E-state index in [1.165, 1.54) is 35.6 Å². The number of carboxylic acids is 1. The number of hydrogen-bond acceptors (Lipinski definition) is 9. The molecule has 1 aromatic heterocycles. The fourth-order valence-corrected chi connectivity index (χ4v) is 6.51. The van der Waals surface area contributed by atoms with Crippen LogP contribution in [0.1, 0.15) is 22.4 Å². The van der Waals surface area contributed by atoms with Crippen molar-refractivity contribution in [3.05, 3.63) is 119 Å². The molecule has 0 radical (unpaired) electrons. The van der Waals surface area contributed by atoms with Gasteiger partial charge in [0.1, 0.15) is 30.8 Å². The van der Waals surface area contributed by atoms with Crippen molar-refractivity contribution in [2.75, 3.05) is 18.4 Å². The van der Waals surface area contributed by atoms with E-state index in [2.05, 4.69) is 38.5 Å². The predicted octanol–water partition coefficient (Wildman–Crippen LogP) is 1.39. The van der Waals surface area contributed by atoms with Gasteiger partial charge in [-0.3, -0.25) is 33.6 Å². The third-order valence-corrected chi connectivity index (χ3v) is 9.66. The maximum atomic E-state index is 14.0. The van der Waals surface area contributed by atoms with E-state index < -0.39 is 85.2 Å². The minimum Gasteiger partial charge on any atom is -0.480 e. The first kappa shape index (κ1) is 40.5. The first-order chi connectivity index (χ1) is 26.9. The number of aliphatic hydroxyl groups excluding tert-OH is 1. The van der Waals surface area contributed by atoms with E-state index in [4.69, 9.17) is 5.11 Å². The Morgan fingerprint density at radius 2 is 1.46 bits per heavy atom. The molecule has 4 unspecified atom stereocenters. The number of hydrogen-bond donors (Lipinski definition) is 8. The van der Waals surface area contributed by atoms with Crippen LogP contribution >= 0.6 is 11.3 Å². The molecule has 3 aromatic carbocycles. The fourth-order valence-electron chi connectivity index (χ4n) is 5.78. The van der Waals surface area contributed by atoms with Crippen molar-refractivity contribution in [1.29, 1.82) is 0 Å². The van der Waals surface area contributed by atoms with E-state index in [9.17, 15) is 38.7 Å². The number of benzene rings is 3. The molecule has 4 atom stereocenters. The summed E-state index contributed by atoms with van der Waals surface area (Å²) in [5.74, 6) is -6.26. The molecule has 6 rings (SSSR count). The highest BCUT2D eigenvalue weighted by molar-refractivity contribution is 7.11. The van der Waals surface area contributed by atoms with Crippen molar-refractivity contribution in [1.82, 2.24) is 26.6 Å². The van der Waals surface area contributed by atoms with Gasteiger partial charge in [0.05, 0.1) is 13.0 Å². The van der Waals surface area contributed by atoms with Gasteiger partial charge in [0.2, 0.25) is 29.5 Å². The van der Waals surface area contributed by atoms with Crippen molar-refractivity contribution in [3.63, 3.8) is 0 Å². The molecule has 0 fully saturated rings. The molecule has 0 aliphatic carbocycles. The molecule has 290 valence electrons. The van der Waals surface area contributed by atoms with Gasteiger partial charge in [-0.15, -0.1) is 11.3 Å². The number of carboxylic acid groups (broad SMARTS) is 1. The largest absolute Gasteiger partial charge is 0.480 e. The lowest BCUT2D eigenvalue weighted by molar-refractivity contribution is -0.138. The van der Waals surface area contributed by atoms with Crippen LogP contribution in [-0.2, 0) is 46.4 Å². The Kier molecular flexibility index (Phi) is 13.8. The molecule has 15 nitrogen and oxygen atoms in total. The first-order valence-corrected chi connectivity index (χ1v) is 18.4. The summed E-state index contributed by atoms with van der Waals surface area (Å²) >= 11 is 1.25. The molecule has 8 N–H and O–H groups in total. The van der Waals surface area contributed by atoms with Gasteiger partial charge in [-0.2, -0.15) is 0 Å². The lowest BCUT2D eigenvalue weighted by atomic mass is 9.99. The summed E-state index contributed by atoms with van der Waals surface area (Å²) in [5.41, 5.74) is 3.46. The standard InChI is InChI=1S/C40H40N6O9S/c1-23(32-8-5-17-56-32)36-40(55)45-30(19-24-9-13-27(14-10-24)26-6-3-2-4-7-26)38(53)41-21-34(49)44-29(37(52)42-22-35(50)51)18-25-11-15-28(16-12-25)43-39(54)31(47)20-33(48)46-36/h2-17,29-31,36,47H,1,18-22H2,(H,41,53)(H,42,52)(H,43,54)(H,44,49)(H,45,55)(H,46,48)(H,50,51). The molecule has 2 bridgehead atoms. The number of aliphatic carboxylic acids is 1. The summed E-state index contributed by atoms with van der Waals surface area (Å²) in [6, 6.07) is 22.3. The lowest BCUT2D eigenvalue weighted by Gasteiger charge is -2.25. The molecular formula is C40H40N6O9S. The second-order valence-corrected chi connectivity index (χ2v) is 13.8. The Balaban J connectivity index is 1.45. The summed E-state index contributed by atoms with van der Waals surface area (Å²) in [7, 11) is 0. The van der Waals surface area contributed by atoms with E-state index in [0.29, 0.717) is 16.0 Å². The van der Waals surface area contributed by atoms with Crippen LogP contribution in [0.4, 0.5) is 5.69 Å². The Morgan fingerprint density at radius 1 is 0.768 bits per heavy atom. The molecule has 0 saturated carbocycles. The van der Waals surface area contributed by atoms with Crippen LogP contribution in [0.3, 0.4) is 0 Å². The van der Waals surface area contributed by atoms with Crippen molar-refractivity contribution < 1.29 is 43.8 Å². The van der Waals surface area contributed by atoms with Crippen molar-refractivity contribution in [2.45, 2.75) is 43.5 Å². The molecule has 2 aliphatic rings. The number of anilines is 1. The summed E-state index contributed by atoms with van der Waals surface area (Å²) in [5, 5.41) is 36.5. The van der Waals surface area contributed by atoms with Crippen molar-refractivity contribution in [2.24, 2.45) is 0 Å². The molecule has 56 heavy (non-hydrogen) atoms. The van der Waals surface area contributed by atoms with Gasteiger partial charge in [-0.1, -0.05) is 79.4 Å². The van der Waals surface area contributed by atoms with Crippen LogP contribution < -0.4 is 31.9 Å². The normalized spacial score (nSPS) is 19.9. The summed E-state index contributed by atoms with van der Waals surface area (Å²) in [6.07, 6.45) is -2.69. The maximum Gasteiger partial charge on any atom is 0.322 e. The molecule has 0 saturated heterocycles. The second-order valence-electron chi connectivity index (χ2n) is 12.9. The number of fused-ring (bicyclic) bond motifs is 18. The number of carbonyl (C=O) groups excluding carboxylic acids is 6. The van der Waals surface area contributed by atoms with Crippen LogP contribution in [0.5, 0.6) is 0 Å². The van der Waals surface area contributed by atoms with Crippen LogP contribution in [0.2, 0.25) is 0 Å². The average molecular weight is 781 g/mol. The first-order valence-electron chi connectivity index (χ1n) is 17.5. The van der Waals surface area contributed by atoms with Crippen molar-refractivity contribution in [3.8, 4) is 11.1 Å². The molecular weight excluding hydrogens is 741 g/mol. The highest BCUT2D eigenvalue weighted by Crippen LogP contribution is 2.23. The molecule has 0 spiro atoms. The lowest BCUT2D eigenvalue weighted by Crippen LogP contribution is -2.56. The van der Waals surface area contributed by atoms with Gasteiger partial charge in [0.15, 0.2) is 0 Å². The number of amides is 6. The Labute approximate surface area is 325 Å². The van der Waals surface area contributed by atoms with E-state index in [0.717, 1.165) is 11.1 Å². The number of aliphatic hydroxyl groups is 1. The summed E-state index contributed by atoms with van der Waals surface area (Å²) in [6.45, 7) is 2.69. The van der Waals surface area contributed by atoms with E-state index in [-0.39, 0.29) is 24.1 Å². The zero-order valence-corrected chi connectivity index (χ0v) is 30.8. The third-order valence-electron chi connectivity index (χ3n) is 8.72. The zero-order chi connectivity index (χ0) is 40.2. The third kappa shape index (κ3) is 11.4. The highest BCUT2D eigenvalue weighted by atomic mass is 32.1. The molecule has 6 amide bonds. The van der Waals surface area contributed by atoms with E-state index >= 15 is 0 Å². The SMILES string of the molecule is C=C(c1cccs1)C1NC(=O)CC(O)C(=O)Nc2ccc(cc2)CC(C(=O)NCC(=O)O)NC(=O)CNC(=O)C(Cc2ccc(-c3ccccc3)cc2)NC1=O. The molecule has 4 aromatic rings. The smallest absolute Gasteiger partial charge is 0.322 e. The predicted molar refractivity (Wildman–Crippen MR) is 208 cm³/mol. The van der Waals surface area contributed by atoms with Gasteiger partial charge < -0.3 is 42.1 Å². The number of rotatable bonds is 8. The topological polar surface area (TPSA) is 232 Å². The molecule has 3 heterocycles. The Bertz CT molecular complexity index is 2070. The number of nitrogens with one attached hydrogen (secondary N) is 6. The fraction of sp³-hybridized carbons (Fsp3) is 0.225. The Hall–Kier alpha value is -6.65. The second kappa shape index (κ2) is 19.1. The molecule has 2 aliphatic heterocycles. The monoisotopic (exact) mass is 780 g/mol. The maximum absolute atomic E-state index is 14.0. The van der Waals surface area contributed by atoms with Gasteiger partial charge in [0, 0.05) is 23.4 Å². The number of thiophene rings is 1. The quantitative estimate of drug-likeness (QED) is 0.121. The van der Waals surface area contributed by atoms with E-state index in [1.807, 2.05) is 42.5 Å². The zero-order valence-electron chi connectivity index (χ0n) is 30.0. The van der Waals surface area contributed by atoms with Gasteiger partial charge in [-0.25, -0.2) is 0 Å².